The van der Waals surface area contributed by atoms with Crippen molar-refractivity contribution in [2.75, 3.05) is 0 Å². The Morgan fingerprint density at radius 1 is 1.50 bits per heavy atom. The van der Waals surface area contributed by atoms with E-state index >= 15 is 0 Å². The highest BCUT2D eigenvalue weighted by Gasteiger charge is 2.37. The van der Waals surface area contributed by atoms with Crippen LogP contribution in [0, 0.1) is 11.8 Å². The quantitative estimate of drug-likeness (QED) is 0.505. The number of hydrogen-bond donors (Lipinski definition) is 1. The number of fused-ring (bicyclic) bond motifs is 1. The molecular weight excluding hydrogens is 124 g/mol. The van der Waals surface area contributed by atoms with E-state index in [1.807, 2.05) is 0 Å². The van der Waals surface area contributed by atoms with Crippen molar-refractivity contribution >= 4 is 0 Å². The van der Waals surface area contributed by atoms with Crippen molar-refractivity contribution in [1.29, 1.82) is 0 Å². The molecule has 0 heterocycles. The molecule has 0 aromatic carbocycles. The third-order valence-corrected chi connectivity index (χ3v) is 2.96. The lowest BCUT2D eigenvalue weighted by atomic mass is 9.66. The minimum absolute atomic E-state index is 0.0255. The third-order valence-electron chi connectivity index (χ3n) is 2.96. The summed E-state index contributed by atoms with van der Waals surface area (Å²) in [7, 11) is 0. The van der Waals surface area contributed by atoms with Crippen LogP contribution in [-0.4, -0.2) is 11.2 Å². The fraction of sp³-hybridized carbons (Fsp3) is 0.778. The van der Waals surface area contributed by atoms with E-state index in [0.29, 0.717) is 5.92 Å². The fourth-order valence-corrected chi connectivity index (χ4v) is 2.27. The van der Waals surface area contributed by atoms with Crippen molar-refractivity contribution in [1.82, 2.24) is 0 Å². The minimum Gasteiger partial charge on any atom is -0.392 e. The molecule has 1 nitrogen and oxygen atoms in total. The number of hydrogen-bond acceptors (Lipinski definition) is 1. The van der Waals surface area contributed by atoms with E-state index in [1.54, 1.807) is 0 Å². The van der Waals surface area contributed by atoms with Crippen molar-refractivity contribution in [3.63, 3.8) is 0 Å². The molecule has 56 valence electrons. The van der Waals surface area contributed by atoms with Crippen LogP contribution in [-0.2, 0) is 0 Å². The molecule has 3 atom stereocenters. The van der Waals surface area contributed by atoms with Gasteiger partial charge < -0.3 is 5.11 Å². The van der Waals surface area contributed by atoms with E-state index in [4.69, 9.17) is 0 Å². The fourth-order valence-electron chi connectivity index (χ4n) is 2.27. The van der Waals surface area contributed by atoms with Gasteiger partial charge in [0.25, 0.3) is 0 Å². The van der Waals surface area contributed by atoms with E-state index in [2.05, 4.69) is 13.0 Å². The molecule has 2 aliphatic carbocycles. The number of rotatable bonds is 0. The standard InChI is InChI=1S/C9H14O/c1-6-5-8-7(6)3-2-4-9(8)10/h5,7-10H,2-4H2,1H3/t7-,8+,9?/m1/s1. The molecule has 1 N–H and O–H groups in total. The summed E-state index contributed by atoms with van der Waals surface area (Å²) in [6.45, 7) is 2.18. The van der Waals surface area contributed by atoms with Gasteiger partial charge in [0.2, 0.25) is 0 Å². The van der Waals surface area contributed by atoms with Crippen LogP contribution in [0.3, 0.4) is 0 Å². The molecule has 10 heavy (non-hydrogen) atoms. The predicted molar refractivity (Wildman–Crippen MR) is 40.6 cm³/mol. The Morgan fingerprint density at radius 2 is 2.30 bits per heavy atom. The van der Waals surface area contributed by atoms with Gasteiger partial charge in [-0.05, 0) is 25.7 Å². The first-order valence-corrected chi connectivity index (χ1v) is 4.15. The minimum atomic E-state index is -0.0255. The largest absolute Gasteiger partial charge is 0.392 e. The topological polar surface area (TPSA) is 20.2 Å². The van der Waals surface area contributed by atoms with E-state index in [1.165, 1.54) is 18.4 Å². The Hall–Kier alpha value is -0.300. The van der Waals surface area contributed by atoms with Crippen LogP contribution in [0.25, 0.3) is 0 Å². The first-order chi connectivity index (χ1) is 4.79. The summed E-state index contributed by atoms with van der Waals surface area (Å²) in [6, 6.07) is 0. The van der Waals surface area contributed by atoms with Gasteiger partial charge in [-0.25, -0.2) is 0 Å². The van der Waals surface area contributed by atoms with Crippen molar-refractivity contribution in [2.45, 2.75) is 32.3 Å². The van der Waals surface area contributed by atoms with E-state index < -0.39 is 0 Å². The summed E-state index contributed by atoms with van der Waals surface area (Å²) in [5.41, 5.74) is 1.50. The second kappa shape index (κ2) is 2.09. The summed E-state index contributed by atoms with van der Waals surface area (Å²) >= 11 is 0. The monoisotopic (exact) mass is 138 g/mol. The van der Waals surface area contributed by atoms with Crippen molar-refractivity contribution < 1.29 is 5.11 Å². The van der Waals surface area contributed by atoms with Gasteiger partial charge in [0.1, 0.15) is 0 Å². The highest BCUT2D eigenvalue weighted by atomic mass is 16.3. The second-order valence-corrected chi connectivity index (χ2v) is 3.59. The third kappa shape index (κ3) is 0.734. The molecule has 1 fully saturated rings. The zero-order valence-electron chi connectivity index (χ0n) is 6.38. The van der Waals surface area contributed by atoms with Crippen LogP contribution in [0.5, 0.6) is 0 Å². The zero-order valence-corrected chi connectivity index (χ0v) is 6.38. The van der Waals surface area contributed by atoms with E-state index in [0.717, 1.165) is 12.3 Å². The molecule has 0 radical (unpaired) electrons. The summed E-state index contributed by atoms with van der Waals surface area (Å²) in [4.78, 5) is 0. The molecule has 1 heteroatoms. The van der Waals surface area contributed by atoms with E-state index in [-0.39, 0.29) is 6.10 Å². The van der Waals surface area contributed by atoms with Gasteiger partial charge in [0.05, 0.1) is 6.10 Å². The average molecular weight is 138 g/mol. The van der Waals surface area contributed by atoms with Gasteiger partial charge >= 0.3 is 0 Å². The van der Waals surface area contributed by atoms with Gasteiger partial charge in [-0.1, -0.05) is 18.1 Å². The van der Waals surface area contributed by atoms with Crippen molar-refractivity contribution in [3.8, 4) is 0 Å². The molecule has 2 rings (SSSR count). The highest BCUT2D eigenvalue weighted by Crippen LogP contribution is 2.43. The van der Waals surface area contributed by atoms with Gasteiger partial charge in [0, 0.05) is 5.92 Å². The normalized spacial score (nSPS) is 45.4. The second-order valence-electron chi connectivity index (χ2n) is 3.59. The van der Waals surface area contributed by atoms with Crippen LogP contribution in [0.2, 0.25) is 0 Å². The molecule has 2 aliphatic rings. The zero-order chi connectivity index (χ0) is 7.14. The van der Waals surface area contributed by atoms with Gasteiger partial charge in [-0.3, -0.25) is 0 Å². The molecule has 1 saturated carbocycles. The van der Waals surface area contributed by atoms with Crippen LogP contribution >= 0.6 is 0 Å². The number of aliphatic hydroxyl groups excluding tert-OH is 1. The van der Waals surface area contributed by atoms with Crippen LogP contribution in [0.4, 0.5) is 0 Å². The van der Waals surface area contributed by atoms with Crippen molar-refractivity contribution in [3.05, 3.63) is 11.6 Å². The summed E-state index contributed by atoms with van der Waals surface area (Å²) in [6.07, 6.45) is 5.75. The Kier molecular flexibility index (Phi) is 1.34. The first kappa shape index (κ1) is 6.41. The van der Waals surface area contributed by atoms with Crippen molar-refractivity contribution in [2.24, 2.45) is 11.8 Å². The Balaban J connectivity index is 2.12. The highest BCUT2D eigenvalue weighted by molar-refractivity contribution is 5.22. The molecule has 1 unspecified atom stereocenters. The molecule has 0 aliphatic heterocycles. The number of allylic oxidation sites excluding steroid dienone is 1. The maximum Gasteiger partial charge on any atom is 0.0608 e. The van der Waals surface area contributed by atoms with Crippen LogP contribution < -0.4 is 0 Å². The summed E-state index contributed by atoms with van der Waals surface area (Å²) < 4.78 is 0. The Labute approximate surface area is 61.8 Å². The smallest absolute Gasteiger partial charge is 0.0608 e. The summed E-state index contributed by atoms with van der Waals surface area (Å²) in [5, 5.41) is 9.47. The Morgan fingerprint density at radius 3 is 2.90 bits per heavy atom. The molecule has 0 bridgehead atoms. The van der Waals surface area contributed by atoms with Crippen LogP contribution in [0.15, 0.2) is 11.6 Å². The van der Waals surface area contributed by atoms with Gasteiger partial charge in [0.15, 0.2) is 0 Å². The summed E-state index contributed by atoms with van der Waals surface area (Å²) in [5.74, 6) is 1.26. The van der Waals surface area contributed by atoms with Gasteiger partial charge in [-0.2, -0.15) is 0 Å². The SMILES string of the molecule is CC1=C[C@@H]2C(O)CCC[C@H]12. The lowest BCUT2D eigenvalue weighted by molar-refractivity contribution is 0.0536. The van der Waals surface area contributed by atoms with E-state index in [9.17, 15) is 5.11 Å². The first-order valence-electron chi connectivity index (χ1n) is 4.15. The van der Waals surface area contributed by atoms with Crippen LogP contribution in [0.1, 0.15) is 26.2 Å². The Bertz CT molecular complexity index is 172. The molecular formula is C9H14O. The molecule has 0 saturated heterocycles. The lowest BCUT2D eigenvalue weighted by Gasteiger charge is -2.41. The molecule has 0 amide bonds. The predicted octanol–water partition coefficient (Wildman–Crippen LogP) is 1.72. The maximum absolute atomic E-state index is 9.47. The maximum atomic E-state index is 9.47. The molecule has 0 spiro atoms. The van der Waals surface area contributed by atoms with Gasteiger partial charge in [-0.15, -0.1) is 0 Å². The molecule has 0 aromatic rings. The lowest BCUT2D eigenvalue weighted by Crippen LogP contribution is -2.37. The average Bonchev–Trinajstić information content (AvgIpc) is 1.91. The molecule has 0 aromatic heterocycles. The number of aliphatic hydroxyl groups is 1.